The third-order valence-electron chi connectivity index (χ3n) is 3.44. The van der Waals surface area contributed by atoms with Crippen molar-refractivity contribution in [3.05, 3.63) is 15.8 Å². The number of nitrogens with one attached hydrogen (secondary N) is 1. The molecule has 0 spiro atoms. The summed E-state index contributed by atoms with van der Waals surface area (Å²) in [5, 5.41) is 10.9. The number of carbonyl (C=O) groups is 1. The Balaban J connectivity index is 2.31. The molecule has 5 nitrogen and oxygen atoms in total. The first-order valence-electron chi connectivity index (χ1n) is 6.23. The van der Waals surface area contributed by atoms with E-state index >= 15 is 0 Å². The van der Waals surface area contributed by atoms with Crippen LogP contribution in [0.3, 0.4) is 0 Å². The molecule has 0 saturated heterocycles. The van der Waals surface area contributed by atoms with Crippen LogP contribution in [0.1, 0.15) is 34.5 Å². The molecule has 1 aliphatic carbocycles. The van der Waals surface area contributed by atoms with Crippen LogP contribution >= 0.6 is 23.1 Å². The molecular formula is C12H17NO4S3. The van der Waals surface area contributed by atoms with Crippen LogP contribution < -0.4 is 4.72 Å². The number of thiophene rings is 1. The summed E-state index contributed by atoms with van der Waals surface area (Å²) in [6.45, 7) is 1.62. The zero-order valence-corrected chi connectivity index (χ0v) is 13.7. The molecule has 1 aromatic heterocycles. The van der Waals surface area contributed by atoms with Gasteiger partial charge < -0.3 is 5.11 Å². The van der Waals surface area contributed by atoms with Crippen LogP contribution in [0.15, 0.2) is 10.3 Å². The van der Waals surface area contributed by atoms with E-state index in [4.69, 9.17) is 5.11 Å². The Labute approximate surface area is 126 Å². The molecule has 112 valence electrons. The minimum atomic E-state index is -3.78. The maximum Gasteiger partial charge on any atom is 0.347 e. The number of hydrogen-bond donors (Lipinski definition) is 2. The summed E-state index contributed by atoms with van der Waals surface area (Å²) in [5.74, 6) is -1.20. The van der Waals surface area contributed by atoms with E-state index in [9.17, 15) is 13.2 Å². The first kappa shape index (κ1) is 15.8. The number of aromatic carboxylic acids is 1. The van der Waals surface area contributed by atoms with Crippen molar-refractivity contribution in [2.45, 2.75) is 42.4 Å². The fraction of sp³-hybridized carbons (Fsp3) is 0.583. The highest BCUT2D eigenvalue weighted by molar-refractivity contribution is 7.99. The van der Waals surface area contributed by atoms with Crippen molar-refractivity contribution in [3.8, 4) is 0 Å². The Morgan fingerprint density at radius 2 is 2.20 bits per heavy atom. The number of hydrogen-bond acceptors (Lipinski definition) is 5. The summed E-state index contributed by atoms with van der Waals surface area (Å²) < 4.78 is 27.6. The molecule has 0 radical (unpaired) electrons. The van der Waals surface area contributed by atoms with Crippen molar-refractivity contribution in [2.24, 2.45) is 0 Å². The molecule has 0 aromatic carbocycles. The molecule has 1 aliphatic rings. The van der Waals surface area contributed by atoms with Gasteiger partial charge in [-0.2, -0.15) is 11.8 Å². The number of carboxylic acids is 1. The van der Waals surface area contributed by atoms with Gasteiger partial charge in [0, 0.05) is 11.3 Å². The molecule has 8 heteroatoms. The van der Waals surface area contributed by atoms with Crippen molar-refractivity contribution in [3.63, 3.8) is 0 Å². The fourth-order valence-corrected chi connectivity index (χ4v) is 6.48. The number of thioether (sulfide) groups is 1. The largest absolute Gasteiger partial charge is 0.477 e. The molecule has 1 saturated carbocycles. The van der Waals surface area contributed by atoms with Crippen molar-refractivity contribution in [1.82, 2.24) is 4.72 Å². The van der Waals surface area contributed by atoms with Crippen LogP contribution in [0, 0.1) is 6.92 Å². The third-order valence-corrected chi connectivity index (χ3v) is 7.50. The predicted molar refractivity (Wildman–Crippen MR) is 81.3 cm³/mol. The van der Waals surface area contributed by atoms with E-state index in [-0.39, 0.29) is 21.1 Å². The Morgan fingerprint density at radius 1 is 1.50 bits per heavy atom. The number of aryl methyl sites for hydroxylation is 1. The van der Waals surface area contributed by atoms with E-state index < -0.39 is 16.0 Å². The molecule has 2 unspecified atom stereocenters. The Hall–Kier alpha value is -0.570. The molecule has 2 atom stereocenters. The number of rotatable bonds is 5. The second-order valence-electron chi connectivity index (χ2n) is 4.81. The highest BCUT2D eigenvalue weighted by Crippen LogP contribution is 2.32. The smallest absolute Gasteiger partial charge is 0.347 e. The summed E-state index contributed by atoms with van der Waals surface area (Å²) in [7, 11) is -3.78. The van der Waals surface area contributed by atoms with Gasteiger partial charge in [-0.25, -0.2) is 17.9 Å². The molecule has 1 aromatic rings. The number of sulfonamides is 1. The Bertz CT molecular complexity index is 608. The average Bonchev–Trinajstić information content (AvgIpc) is 2.94. The molecule has 0 bridgehead atoms. The maximum absolute atomic E-state index is 12.5. The lowest BCUT2D eigenvalue weighted by Gasteiger charge is -2.19. The van der Waals surface area contributed by atoms with Gasteiger partial charge in [0.2, 0.25) is 10.0 Å². The minimum Gasteiger partial charge on any atom is -0.477 e. The molecule has 0 aliphatic heterocycles. The van der Waals surface area contributed by atoms with E-state index in [1.54, 1.807) is 24.1 Å². The van der Waals surface area contributed by atoms with Gasteiger partial charge in [-0.05, 0) is 37.0 Å². The van der Waals surface area contributed by atoms with Gasteiger partial charge in [-0.3, -0.25) is 0 Å². The minimum absolute atomic E-state index is 0.0817. The second-order valence-corrected chi connectivity index (χ2v) is 8.42. The lowest BCUT2D eigenvalue weighted by atomic mass is 10.3. The Morgan fingerprint density at radius 3 is 2.80 bits per heavy atom. The topological polar surface area (TPSA) is 83.5 Å². The van der Waals surface area contributed by atoms with Gasteiger partial charge in [0.15, 0.2) is 0 Å². The average molecular weight is 335 g/mol. The summed E-state index contributed by atoms with van der Waals surface area (Å²) in [6.07, 6.45) is 4.75. The molecule has 1 heterocycles. The van der Waals surface area contributed by atoms with Gasteiger partial charge in [0.25, 0.3) is 0 Å². The van der Waals surface area contributed by atoms with Crippen LogP contribution in [-0.4, -0.2) is 37.0 Å². The van der Waals surface area contributed by atoms with Crippen LogP contribution in [0.4, 0.5) is 0 Å². The second kappa shape index (κ2) is 6.05. The summed E-state index contributed by atoms with van der Waals surface area (Å²) in [4.78, 5) is 11.0. The zero-order valence-electron chi connectivity index (χ0n) is 11.3. The first-order chi connectivity index (χ1) is 9.36. The predicted octanol–water partition coefficient (Wildman–Crippen LogP) is 2.32. The normalized spacial score (nSPS) is 23.1. The molecule has 0 amide bonds. The van der Waals surface area contributed by atoms with E-state index in [0.29, 0.717) is 5.56 Å². The summed E-state index contributed by atoms with van der Waals surface area (Å²) >= 11 is 2.60. The van der Waals surface area contributed by atoms with Gasteiger partial charge in [0.1, 0.15) is 9.77 Å². The molecule has 2 N–H and O–H groups in total. The molecule has 20 heavy (non-hydrogen) atoms. The zero-order chi connectivity index (χ0) is 14.9. The lowest BCUT2D eigenvalue weighted by molar-refractivity contribution is 0.0698. The summed E-state index contributed by atoms with van der Waals surface area (Å²) in [6, 6.07) is -0.115. The van der Waals surface area contributed by atoms with Crippen molar-refractivity contribution < 1.29 is 18.3 Å². The molecule has 2 rings (SSSR count). The third kappa shape index (κ3) is 3.03. The van der Waals surface area contributed by atoms with E-state index in [1.807, 2.05) is 6.26 Å². The van der Waals surface area contributed by atoms with Gasteiger partial charge >= 0.3 is 5.97 Å². The van der Waals surface area contributed by atoms with Crippen molar-refractivity contribution in [1.29, 1.82) is 0 Å². The lowest BCUT2D eigenvalue weighted by Crippen LogP contribution is -2.39. The van der Waals surface area contributed by atoms with Crippen LogP contribution in [0.5, 0.6) is 0 Å². The highest BCUT2D eigenvalue weighted by atomic mass is 32.2. The first-order valence-corrected chi connectivity index (χ1v) is 9.88. The van der Waals surface area contributed by atoms with Crippen molar-refractivity contribution >= 4 is 39.1 Å². The van der Waals surface area contributed by atoms with Crippen molar-refractivity contribution in [2.75, 3.05) is 6.26 Å². The monoisotopic (exact) mass is 335 g/mol. The van der Waals surface area contributed by atoms with Crippen LogP contribution in [-0.2, 0) is 10.0 Å². The fourth-order valence-electron chi connectivity index (χ4n) is 2.52. The van der Waals surface area contributed by atoms with Gasteiger partial charge in [0.05, 0.1) is 0 Å². The quantitative estimate of drug-likeness (QED) is 0.863. The van der Waals surface area contributed by atoms with Gasteiger partial charge in [-0.15, -0.1) is 11.3 Å². The van der Waals surface area contributed by atoms with E-state index in [2.05, 4.69) is 4.72 Å². The molecular weight excluding hydrogens is 318 g/mol. The number of carboxylic acid groups (broad SMARTS) is 1. The molecule has 1 fully saturated rings. The summed E-state index contributed by atoms with van der Waals surface area (Å²) in [5.41, 5.74) is 0.485. The Kier molecular flexibility index (Phi) is 4.78. The van der Waals surface area contributed by atoms with Gasteiger partial charge in [-0.1, -0.05) is 6.42 Å². The highest BCUT2D eigenvalue weighted by Gasteiger charge is 2.34. The SMILES string of the molecule is CSC1CCCC1NS(=O)(=O)c1c(C)csc1C(=O)O. The van der Waals surface area contributed by atoms with E-state index in [1.165, 1.54) is 0 Å². The van der Waals surface area contributed by atoms with E-state index in [0.717, 1.165) is 30.6 Å². The van der Waals surface area contributed by atoms with Crippen LogP contribution in [0.2, 0.25) is 0 Å². The standard InChI is InChI=1S/C12H17NO4S3/c1-7-6-19-10(12(14)15)11(7)20(16,17)13-8-4-3-5-9(8)18-2/h6,8-9,13H,3-5H2,1-2H3,(H,14,15). The maximum atomic E-state index is 12.5. The van der Waals surface area contributed by atoms with Crippen LogP contribution in [0.25, 0.3) is 0 Å².